The van der Waals surface area contributed by atoms with Gasteiger partial charge in [0.1, 0.15) is 11.5 Å². The molecule has 0 aliphatic carbocycles. The lowest BCUT2D eigenvalue weighted by Gasteiger charge is -2.21. The number of hydrogen-bond acceptors (Lipinski definition) is 5. The molecule has 0 aliphatic rings. The van der Waals surface area contributed by atoms with Gasteiger partial charge < -0.3 is 15.8 Å². The zero-order valence-corrected chi connectivity index (χ0v) is 13.5. The predicted octanol–water partition coefficient (Wildman–Crippen LogP) is 0.622. The number of nitrogens with one attached hydrogen (secondary N) is 1. The van der Waals surface area contributed by atoms with E-state index in [1.54, 1.807) is 7.11 Å². The molecule has 3 N–H and O–H groups in total. The Balaban J connectivity index is 3.35. The molecule has 0 aliphatic heterocycles. The second kappa shape index (κ2) is 7.31. The van der Waals surface area contributed by atoms with Gasteiger partial charge >= 0.3 is 5.69 Å². The summed E-state index contributed by atoms with van der Waals surface area (Å²) >= 11 is 0. The van der Waals surface area contributed by atoms with Crippen LogP contribution >= 0.6 is 0 Å². The number of ether oxygens (including phenoxy) is 1. The van der Waals surface area contributed by atoms with E-state index in [1.807, 2.05) is 20.8 Å². The summed E-state index contributed by atoms with van der Waals surface area (Å²) in [5, 5.41) is 3.10. The lowest BCUT2D eigenvalue weighted by Crippen LogP contribution is -2.42. The SMILES string of the molecule is CCC(COC)Nc1c(N)n(CC(C)C)c(=O)n(C)c1=O. The molecule has 0 aromatic carbocycles. The van der Waals surface area contributed by atoms with Crippen molar-refractivity contribution in [1.82, 2.24) is 9.13 Å². The summed E-state index contributed by atoms with van der Waals surface area (Å²) in [6.45, 7) is 6.89. The highest BCUT2D eigenvalue weighted by atomic mass is 16.5. The molecule has 0 fully saturated rings. The maximum atomic E-state index is 12.3. The van der Waals surface area contributed by atoms with E-state index in [2.05, 4.69) is 5.32 Å². The Morgan fingerprint density at radius 2 is 1.95 bits per heavy atom. The van der Waals surface area contributed by atoms with Gasteiger partial charge in [-0.1, -0.05) is 20.8 Å². The van der Waals surface area contributed by atoms with Gasteiger partial charge in [0.15, 0.2) is 0 Å². The van der Waals surface area contributed by atoms with Crippen molar-refractivity contribution in [1.29, 1.82) is 0 Å². The van der Waals surface area contributed by atoms with E-state index in [0.717, 1.165) is 11.0 Å². The van der Waals surface area contributed by atoms with E-state index in [0.29, 0.717) is 13.2 Å². The summed E-state index contributed by atoms with van der Waals surface area (Å²) < 4.78 is 7.64. The Morgan fingerprint density at radius 3 is 2.43 bits per heavy atom. The van der Waals surface area contributed by atoms with Gasteiger partial charge in [0.25, 0.3) is 5.56 Å². The lowest BCUT2D eigenvalue weighted by atomic mass is 10.2. The standard InChI is InChI=1S/C14H26N4O3/c1-6-10(8-21-5)16-11-12(15)18(7-9(2)3)14(20)17(4)13(11)19/h9-10,16H,6-8,15H2,1-5H3. The fourth-order valence-corrected chi connectivity index (χ4v) is 2.13. The van der Waals surface area contributed by atoms with Crippen LogP contribution in [0.5, 0.6) is 0 Å². The van der Waals surface area contributed by atoms with Crippen molar-refractivity contribution in [2.45, 2.75) is 39.8 Å². The Labute approximate surface area is 124 Å². The summed E-state index contributed by atoms with van der Waals surface area (Å²) in [4.78, 5) is 24.4. The molecule has 1 aromatic rings. The van der Waals surface area contributed by atoms with Crippen LogP contribution in [-0.2, 0) is 18.3 Å². The van der Waals surface area contributed by atoms with Crippen LogP contribution in [0.3, 0.4) is 0 Å². The van der Waals surface area contributed by atoms with Gasteiger partial charge in [-0.3, -0.25) is 13.9 Å². The average molecular weight is 298 g/mol. The zero-order valence-electron chi connectivity index (χ0n) is 13.5. The Bertz CT molecular complexity index is 589. The molecule has 0 saturated heterocycles. The average Bonchev–Trinajstić information content (AvgIpc) is 2.44. The molecule has 1 atom stereocenters. The predicted molar refractivity (Wildman–Crippen MR) is 84.8 cm³/mol. The molecule has 120 valence electrons. The van der Waals surface area contributed by atoms with Gasteiger partial charge in [0, 0.05) is 26.7 Å². The van der Waals surface area contributed by atoms with Crippen LogP contribution in [0, 0.1) is 5.92 Å². The number of nitrogens with two attached hydrogens (primary N) is 1. The molecule has 0 spiro atoms. The molecule has 7 heteroatoms. The number of methoxy groups -OCH3 is 1. The molecule has 0 radical (unpaired) electrons. The Morgan fingerprint density at radius 1 is 1.33 bits per heavy atom. The zero-order chi connectivity index (χ0) is 16.2. The Kier molecular flexibility index (Phi) is 6.02. The maximum Gasteiger partial charge on any atom is 0.332 e. The van der Waals surface area contributed by atoms with E-state index in [9.17, 15) is 9.59 Å². The maximum absolute atomic E-state index is 12.3. The van der Waals surface area contributed by atoms with E-state index < -0.39 is 11.2 Å². The third kappa shape index (κ3) is 3.87. The third-order valence-electron chi connectivity index (χ3n) is 3.34. The molecule has 0 saturated carbocycles. The number of rotatable bonds is 7. The quantitative estimate of drug-likeness (QED) is 0.770. The van der Waals surface area contributed by atoms with E-state index in [1.165, 1.54) is 11.6 Å². The first-order chi connectivity index (χ1) is 9.83. The van der Waals surface area contributed by atoms with Crippen molar-refractivity contribution >= 4 is 11.5 Å². The van der Waals surface area contributed by atoms with Crippen molar-refractivity contribution in [3.63, 3.8) is 0 Å². The largest absolute Gasteiger partial charge is 0.383 e. The summed E-state index contributed by atoms with van der Waals surface area (Å²) in [5.41, 5.74) is 5.51. The van der Waals surface area contributed by atoms with Crippen molar-refractivity contribution in [3.8, 4) is 0 Å². The second-order valence-electron chi connectivity index (χ2n) is 5.62. The fraction of sp³-hybridized carbons (Fsp3) is 0.714. The number of nitrogens with zero attached hydrogens (tertiary/aromatic N) is 2. The summed E-state index contributed by atoms with van der Waals surface area (Å²) in [5.74, 6) is 0.433. The summed E-state index contributed by atoms with van der Waals surface area (Å²) in [7, 11) is 3.06. The number of aromatic nitrogens is 2. The van der Waals surface area contributed by atoms with Crippen LogP contribution in [0.25, 0.3) is 0 Å². The lowest BCUT2D eigenvalue weighted by molar-refractivity contribution is 0.184. The van der Waals surface area contributed by atoms with Gasteiger partial charge in [-0.15, -0.1) is 0 Å². The minimum Gasteiger partial charge on any atom is -0.383 e. The summed E-state index contributed by atoms with van der Waals surface area (Å²) in [6.07, 6.45) is 0.778. The molecular formula is C14H26N4O3. The van der Waals surface area contributed by atoms with Crippen LogP contribution in [0.2, 0.25) is 0 Å². The molecule has 21 heavy (non-hydrogen) atoms. The van der Waals surface area contributed by atoms with E-state index >= 15 is 0 Å². The molecule has 1 heterocycles. The van der Waals surface area contributed by atoms with Crippen LogP contribution in [0.4, 0.5) is 11.5 Å². The van der Waals surface area contributed by atoms with Crippen molar-refractivity contribution < 1.29 is 4.74 Å². The molecule has 0 bridgehead atoms. The van der Waals surface area contributed by atoms with Crippen LogP contribution in [-0.4, -0.2) is 28.9 Å². The van der Waals surface area contributed by atoms with Crippen molar-refractivity contribution in [2.75, 3.05) is 24.8 Å². The van der Waals surface area contributed by atoms with E-state index in [4.69, 9.17) is 10.5 Å². The molecule has 7 nitrogen and oxygen atoms in total. The minimum absolute atomic E-state index is 0.0324. The normalized spacial score (nSPS) is 12.7. The van der Waals surface area contributed by atoms with Crippen LogP contribution < -0.4 is 22.3 Å². The minimum atomic E-state index is -0.410. The van der Waals surface area contributed by atoms with Crippen LogP contribution in [0.15, 0.2) is 9.59 Å². The number of hydrogen-bond donors (Lipinski definition) is 2. The molecule has 0 amide bonds. The first-order valence-corrected chi connectivity index (χ1v) is 7.18. The molecular weight excluding hydrogens is 272 g/mol. The van der Waals surface area contributed by atoms with Gasteiger partial charge in [-0.05, 0) is 12.3 Å². The topological polar surface area (TPSA) is 91.3 Å². The summed E-state index contributed by atoms with van der Waals surface area (Å²) in [6, 6.07) is -0.0324. The van der Waals surface area contributed by atoms with Crippen LogP contribution in [0.1, 0.15) is 27.2 Å². The van der Waals surface area contributed by atoms with Gasteiger partial charge in [0.05, 0.1) is 6.61 Å². The van der Waals surface area contributed by atoms with Gasteiger partial charge in [-0.25, -0.2) is 4.79 Å². The molecule has 1 unspecified atom stereocenters. The third-order valence-corrected chi connectivity index (χ3v) is 3.34. The fourth-order valence-electron chi connectivity index (χ4n) is 2.13. The van der Waals surface area contributed by atoms with E-state index in [-0.39, 0.29) is 23.5 Å². The second-order valence-corrected chi connectivity index (χ2v) is 5.62. The highest BCUT2D eigenvalue weighted by Crippen LogP contribution is 2.14. The first-order valence-electron chi connectivity index (χ1n) is 7.18. The number of nitrogen functional groups attached to an aromatic ring is 1. The molecule has 1 aromatic heterocycles. The Hall–Kier alpha value is -1.76. The highest BCUT2D eigenvalue weighted by molar-refractivity contribution is 5.61. The van der Waals surface area contributed by atoms with Crippen molar-refractivity contribution in [2.24, 2.45) is 13.0 Å². The van der Waals surface area contributed by atoms with Crippen molar-refractivity contribution in [3.05, 3.63) is 20.8 Å². The monoisotopic (exact) mass is 298 g/mol. The smallest absolute Gasteiger partial charge is 0.332 e. The van der Waals surface area contributed by atoms with Gasteiger partial charge in [-0.2, -0.15) is 0 Å². The molecule has 1 rings (SSSR count). The number of anilines is 2. The first kappa shape index (κ1) is 17.3. The van der Waals surface area contributed by atoms with Gasteiger partial charge in [0.2, 0.25) is 0 Å². The highest BCUT2D eigenvalue weighted by Gasteiger charge is 2.18.